The van der Waals surface area contributed by atoms with Gasteiger partial charge < -0.3 is 14.9 Å². The van der Waals surface area contributed by atoms with Crippen molar-refractivity contribution in [2.24, 2.45) is 0 Å². The molecule has 0 saturated heterocycles. The molecule has 0 amide bonds. The van der Waals surface area contributed by atoms with Crippen LogP contribution in [0.15, 0.2) is 42.5 Å². The molecular formula is C16H16O4. The largest absolute Gasteiger partial charge is 0.496 e. The number of carbonyl (C=O) groups is 1. The van der Waals surface area contributed by atoms with E-state index in [1.807, 2.05) is 13.0 Å². The molecule has 0 heterocycles. The third-order valence-corrected chi connectivity index (χ3v) is 3.17. The lowest BCUT2D eigenvalue weighted by atomic mass is 9.95. The predicted octanol–water partition coefficient (Wildman–Crippen LogP) is 2.78. The molecular weight excluding hydrogens is 256 g/mol. The van der Waals surface area contributed by atoms with Gasteiger partial charge in [-0.1, -0.05) is 29.8 Å². The average molecular weight is 272 g/mol. The molecule has 104 valence electrons. The van der Waals surface area contributed by atoms with Gasteiger partial charge in [0.05, 0.1) is 12.7 Å². The zero-order valence-corrected chi connectivity index (χ0v) is 11.3. The molecule has 1 atom stereocenters. The standard InChI is InChI=1S/C16H16O4/c1-10-7-8-14(20-2)13(9-10)15(17)11-5-3-4-6-12(11)16(18)19/h3-9,15,17H,1-2H3,(H,18,19). The third kappa shape index (κ3) is 2.65. The van der Waals surface area contributed by atoms with Crippen molar-refractivity contribution in [3.05, 3.63) is 64.7 Å². The maximum atomic E-state index is 11.2. The molecule has 0 fully saturated rings. The first-order chi connectivity index (χ1) is 9.54. The number of ether oxygens (including phenoxy) is 1. The fourth-order valence-corrected chi connectivity index (χ4v) is 2.17. The number of carboxylic acids is 1. The summed E-state index contributed by atoms with van der Waals surface area (Å²) >= 11 is 0. The monoisotopic (exact) mass is 272 g/mol. The molecule has 4 heteroatoms. The van der Waals surface area contributed by atoms with Gasteiger partial charge in [0.1, 0.15) is 11.9 Å². The minimum Gasteiger partial charge on any atom is -0.496 e. The lowest BCUT2D eigenvalue weighted by Gasteiger charge is -2.17. The van der Waals surface area contributed by atoms with Crippen LogP contribution in [0.3, 0.4) is 0 Å². The van der Waals surface area contributed by atoms with E-state index in [4.69, 9.17) is 4.74 Å². The summed E-state index contributed by atoms with van der Waals surface area (Å²) in [6, 6.07) is 11.8. The Balaban J connectivity index is 2.54. The minimum atomic E-state index is -1.06. The molecule has 20 heavy (non-hydrogen) atoms. The molecule has 1 unspecified atom stereocenters. The first kappa shape index (κ1) is 14.1. The van der Waals surface area contributed by atoms with E-state index in [1.54, 1.807) is 30.3 Å². The number of aliphatic hydroxyl groups excluding tert-OH is 1. The van der Waals surface area contributed by atoms with Crippen LogP contribution in [0.1, 0.15) is 33.2 Å². The van der Waals surface area contributed by atoms with Gasteiger partial charge in [-0.05, 0) is 30.7 Å². The second-order valence-electron chi connectivity index (χ2n) is 4.54. The predicted molar refractivity (Wildman–Crippen MR) is 75.2 cm³/mol. The van der Waals surface area contributed by atoms with E-state index in [-0.39, 0.29) is 5.56 Å². The molecule has 4 nitrogen and oxygen atoms in total. The molecule has 0 spiro atoms. The Hall–Kier alpha value is -2.33. The lowest BCUT2D eigenvalue weighted by molar-refractivity contribution is 0.0691. The van der Waals surface area contributed by atoms with Gasteiger partial charge >= 0.3 is 5.97 Å². The number of methoxy groups -OCH3 is 1. The van der Waals surface area contributed by atoms with Gasteiger partial charge in [-0.15, -0.1) is 0 Å². The van der Waals surface area contributed by atoms with Crippen LogP contribution < -0.4 is 4.74 Å². The number of aryl methyl sites for hydroxylation is 1. The Kier molecular flexibility index (Phi) is 4.05. The number of benzene rings is 2. The van der Waals surface area contributed by atoms with Crippen molar-refractivity contribution < 1.29 is 19.7 Å². The number of aliphatic hydroxyl groups is 1. The van der Waals surface area contributed by atoms with Crippen molar-refractivity contribution in [3.63, 3.8) is 0 Å². The van der Waals surface area contributed by atoms with Gasteiger partial charge in [-0.25, -0.2) is 4.79 Å². The van der Waals surface area contributed by atoms with E-state index in [2.05, 4.69) is 0 Å². The van der Waals surface area contributed by atoms with Crippen LogP contribution in [0.5, 0.6) is 5.75 Å². The Morgan fingerprint density at radius 1 is 1.15 bits per heavy atom. The molecule has 0 radical (unpaired) electrons. The average Bonchev–Trinajstić information content (AvgIpc) is 2.46. The van der Waals surface area contributed by atoms with Crippen LogP contribution in [-0.4, -0.2) is 23.3 Å². The summed E-state index contributed by atoms with van der Waals surface area (Å²) in [7, 11) is 1.52. The van der Waals surface area contributed by atoms with Crippen molar-refractivity contribution in [1.29, 1.82) is 0 Å². The molecule has 0 aliphatic heterocycles. The summed E-state index contributed by atoms with van der Waals surface area (Å²) in [5, 5.41) is 19.7. The summed E-state index contributed by atoms with van der Waals surface area (Å²) in [6.45, 7) is 1.90. The summed E-state index contributed by atoms with van der Waals surface area (Å²) in [5.41, 5.74) is 1.96. The van der Waals surface area contributed by atoms with Crippen LogP contribution >= 0.6 is 0 Å². The summed E-state index contributed by atoms with van der Waals surface area (Å²) < 4.78 is 5.24. The lowest BCUT2D eigenvalue weighted by Crippen LogP contribution is -2.09. The number of carboxylic acid groups (broad SMARTS) is 1. The van der Waals surface area contributed by atoms with Crippen molar-refractivity contribution in [2.75, 3.05) is 7.11 Å². The van der Waals surface area contributed by atoms with Crippen LogP contribution in [0.2, 0.25) is 0 Å². The van der Waals surface area contributed by atoms with E-state index < -0.39 is 12.1 Å². The zero-order chi connectivity index (χ0) is 14.7. The van der Waals surface area contributed by atoms with Gasteiger partial charge in [0, 0.05) is 5.56 Å². The molecule has 2 aromatic rings. The smallest absolute Gasteiger partial charge is 0.336 e. The summed E-state index contributed by atoms with van der Waals surface area (Å²) in [6.07, 6.45) is -1.04. The summed E-state index contributed by atoms with van der Waals surface area (Å²) in [5.74, 6) is -0.533. The highest BCUT2D eigenvalue weighted by molar-refractivity contribution is 5.89. The van der Waals surface area contributed by atoms with Crippen LogP contribution in [0.25, 0.3) is 0 Å². The van der Waals surface area contributed by atoms with Crippen LogP contribution in [0, 0.1) is 6.92 Å². The highest BCUT2D eigenvalue weighted by atomic mass is 16.5. The maximum Gasteiger partial charge on any atom is 0.336 e. The van der Waals surface area contributed by atoms with Crippen LogP contribution in [-0.2, 0) is 0 Å². The number of hydrogen-bond acceptors (Lipinski definition) is 3. The van der Waals surface area contributed by atoms with E-state index in [0.29, 0.717) is 16.9 Å². The minimum absolute atomic E-state index is 0.0866. The highest BCUT2D eigenvalue weighted by Gasteiger charge is 2.21. The van der Waals surface area contributed by atoms with Crippen molar-refractivity contribution in [1.82, 2.24) is 0 Å². The van der Waals surface area contributed by atoms with Gasteiger partial charge in [-0.3, -0.25) is 0 Å². The second-order valence-corrected chi connectivity index (χ2v) is 4.54. The van der Waals surface area contributed by atoms with Crippen molar-refractivity contribution in [3.8, 4) is 5.75 Å². The molecule has 0 saturated carbocycles. The van der Waals surface area contributed by atoms with Gasteiger partial charge in [0.2, 0.25) is 0 Å². The molecule has 2 N–H and O–H groups in total. The van der Waals surface area contributed by atoms with Crippen molar-refractivity contribution >= 4 is 5.97 Å². The fraction of sp³-hybridized carbons (Fsp3) is 0.188. The molecule has 0 bridgehead atoms. The van der Waals surface area contributed by atoms with Gasteiger partial charge in [0.25, 0.3) is 0 Å². The first-order valence-electron chi connectivity index (χ1n) is 6.19. The number of rotatable bonds is 4. The Labute approximate surface area is 117 Å². The normalized spacial score (nSPS) is 11.9. The highest BCUT2D eigenvalue weighted by Crippen LogP contribution is 2.32. The molecule has 0 aliphatic carbocycles. The summed E-state index contributed by atoms with van der Waals surface area (Å²) in [4.78, 5) is 11.2. The number of aromatic carboxylic acids is 1. The quantitative estimate of drug-likeness (QED) is 0.898. The third-order valence-electron chi connectivity index (χ3n) is 3.17. The van der Waals surface area contributed by atoms with E-state index in [9.17, 15) is 15.0 Å². The van der Waals surface area contributed by atoms with E-state index in [0.717, 1.165) is 5.56 Å². The van der Waals surface area contributed by atoms with E-state index >= 15 is 0 Å². The number of hydrogen-bond donors (Lipinski definition) is 2. The zero-order valence-electron chi connectivity index (χ0n) is 11.3. The maximum absolute atomic E-state index is 11.2. The topological polar surface area (TPSA) is 66.8 Å². The molecule has 0 aromatic heterocycles. The molecule has 2 aromatic carbocycles. The molecule has 2 rings (SSSR count). The first-order valence-corrected chi connectivity index (χ1v) is 6.19. The van der Waals surface area contributed by atoms with Gasteiger partial charge in [0.15, 0.2) is 0 Å². The van der Waals surface area contributed by atoms with Crippen LogP contribution in [0.4, 0.5) is 0 Å². The Morgan fingerprint density at radius 2 is 1.85 bits per heavy atom. The second kappa shape index (κ2) is 5.75. The SMILES string of the molecule is COc1ccc(C)cc1C(O)c1ccccc1C(=O)O. The van der Waals surface area contributed by atoms with Gasteiger partial charge in [-0.2, -0.15) is 0 Å². The fourth-order valence-electron chi connectivity index (χ4n) is 2.17. The Morgan fingerprint density at radius 3 is 2.50 bits per heavy atom. The molecule has 0 aliphatic rings. The van der Waals surface area contributed by atoms with E-state index in [1.165, 1.54) is 13.2 Å². The van der Waals surface area contributed by atoms with Crippen molar-refractivity contribution in [2.45, 2.75) is 13.0 Å². The Bertz CT molecular complexity index is 634.